The fraction of sp³-hybridized carbons (Fsp3) is 0.426. The Morgan fingerprint density at radius 2 is 1.02 bits per heavy atom. The molecule has 4 amide bonds. The van der Waals surface area contributed by atoms with Crippen LogP contribution in [0.1, 0.15) is 181 Å². The Labute approximate surface area is 373 Å². The summed E-state index contributed by atoms with van der Waals surface area (Å²) in [4.78, 5) is 55.9. The van der Waals surface area contributed by atoms with E-state index >= 15 is 0 Å². The molecule has 4 fully saturated rings. The number of aryl methyl sites for hydroxylation is 2. The molecule has 0 bridgehead atoms. The average Bonchev–Trinajstić information content (AvgIpc) is 3.28. The summed E-state index contributed by atoms with van der Waals surface area (Å²) in [5.74, 6) is 4.23. The minimum atomic E-state index is -0.106. The van der Waals surface area contributed by atoms with E-state index in [1.807, 2.05) is 79.1 Å². The number of rotatable bonds is 9. The number of carbonyl (C=O) groups excluding carboxylic acids is 4. The van der Waals surface area contributed by atoms with Crippen molar-refractivity contribution >= 4 is 23.6 Å². The van der Waals surface area contributed by atoms with Crippen molar-refractivity contribution in [2.45, 2.75) is 109 Å². The maximum Gasteiger partial charge on any atom is 0.254 e. The molecular weight excluding hydrogens is 783 g/mol. The van der Waals surface area contributed by atoms with E-state index in [1.54, 1.807) is 7.05 Å². The molecule has 0 unspecified atom stereocenters. The van der Waals surface area contributed by atoms with Crippen LogP contribution in [0, 0.1) is 37.5 Å². The first-order chi connectivity index (χ1) is 30.5. The van der Waals surface area contributed by atoms with Gasteiger partial charge >= 0.3 is 0 Å². The number of carbonyl (C=O) groups is 4. The predicted octanol–water partition coefficient (Wildman–Crippen LogP) is 9.53. The summed E-state index contributed by atoms with van der Waals surface area (Å²) >= 11 is 0. The third-order valence-corrected chi connectivity index (χ3v) is 14.0. The van der Waals surface area contributed by atoms with Gasteiger partial charge in [-0.2, -0.15) is 5.26 Å². The van der Waals surface area contributed by atoms with Crippen LogP contribution in [0.3, 0.4) is 0 Å². The van der Waals surface area contributed by atoms with E-state index < -0.39 is 0 Å². The third kappa shape index (κ3) is 10.0. The van der Waals surface area contributed by atoms with Gasteiger partial charge in [0.2, 0.25) is 0 Å². The topological polar surface area (TPSA) is 123 Å². The number of hydrogen-bond acceptors (Lipinski definition) is 5. The van der Waals surface area contributed by atoms with Crippen LogP contribution < -0.4 is 10.6 Å². The van der Waals surface area contributed by atoms with Crippen LogP contribution in [0.15, 0.2) is 72.8 Å². The maximum absolute atomic E-state index is 13.4. The van der Waals surface area contributed by atoms with E-state index in [0.717, 1.165) is 92.3 Å². The van der Waals surface area contributed by atoms with E-state index in [9.17, 15) is 19.2 Å². The number of benzene rings is 4. The van der Waals surface area contributed by atoms with Crippen molar-refractivity contribution in [1.29, 1.82) is 5.26 Å². The van der Waals surface area contributed by atoms with Crippen molar-refractivity contribution in [3.8, 4) is 18.4 Å². The molecule has 0 spiro atoms. The molecule has 0 aromatic heterocycles. The highest BCUT2D eigenvalue weighted by Crippen LogP contribution is 2.41. The molecule has 0 radical (unpaired) electrons. The molecule has 4 aromatic rings. The molecule has 2 aliphatic carbocycles. The van der Waals surface area contributed by atoms with Crippen molar-refractivity contribution in [3.05, 3.63) is 140 Å². The number of terminal acetylenes is 1. The van der Waals surface area contributed by atoms with Crippen molar-refractivity contribution in [1.82, 2.24) is 20.4 Å². The summed E-state index contributed by atoms with van der Waals surface area (Å²) in [5, 5.41) is 14.7. The molecule has 2 saturated carbocycles. The quantitative estimate of drug-likeness (QED) is 0.163. The lowest BCUT2D eigenvalue weighted by atomic mass is 9.77. The number of nitrogens with one attached hydrogen (secondary N) is 2. The first-order valence-electron chi connectivity index (χ1n) is 23.0. The summed E-state index contributed by atoms with van der Waals surface area (Å²) in [6.45, 7) is 9.30. The number of nitrogens with zero attached hydrogens (tertiary/aromatic N) is 3. The van der Waals surface area contributed by atoms with Crippen molar-refractivity contribution < 1.29 is 19.2 Å². The third-order valence-electron chi connectivity index (χ3n) is 14.0. The van der Waals surface area contributed by atoms with E-state index in [2.05, 4.69) is 46.9 Å². The molecule has 9 heteroatoms. The van der Waals surface area contributed by atoms with Crippen molar-refractivity contribution in [2.24, 2.45) is 0 Å². The highest BCUT2D eigenvalue weighted by atomic mass is 16.2. The highest BCUT2D eigenvalue weighted by molar-refractivity contribution is 6.03. The van der Waals surface area contributed by atoms with E-state index in [4.69, 9.17) is 11.7 Å². The van der Waals surface area contributed by atoms with Crippen LogP contribution in [-0.4, -0.2) is 73.2 Å². The summed E-state index contributed by atoms with van der Waals surface area (Å²) in [5.41, 5.74) is 10.8. The lowest BCUT2D eigenvalue weighted by molar-refractivity contribution is 0.0704. The van der Waals surface area contributed by atoms with Crippen LogP contribution in [0.5, 0.6) is 0 Å². The van der Waals surface area contributed by atoms with Crippen LogP contribution in [0.4, 0.5) is 0 Å². The Hall–Kier alpha value is -6.19. The normalized spacial score (nSPS) is 16.9. The molecule has 326 valence electrons. The smallest absolute Gasteiger partial charge is 0.254 e. The van der Waals surface area contributed by atoms with E-state index in [1.165, 1.54) is 24.0 Å². The minimum absolute atomic E-state index is 0.0199. The first kappa shape index (κ1) is 44.9. The molecule has 4 aliphatic rings. The van der Waals surface area contributed by atoms with E-state index in [-0.39, 0.29) is 23.6 Å². The molecule has 9 nitrogen and oxygen atoms in total. The zero-order valence-electron chi connectivity index (χ0n) is 37.4. The molecule has 0 atom stereocenters. The second-order valence-electron chi connectivity index (χ2n) is 17.8. The molecule has 2 saturated heterocycles. The maximum atomic E-state index is 13.4. The Kier molecular flexibility index (Phi) is 14.5. The fourth-order valence-electron chi connectivity index (χ4n) is 9.67. The van der Waals surface area contributed by atoms with Gasteiger partial charge in [-0.1, -0.05) is 55.2 Å². The van der Waals surface area contributed by atoms with Crippen LogP contribution in [-0.2, 0) is 0 Å². The van der Waals surface area contributed by atoms with Crippen LogP contribution in [0.2, 0.25) is 0 Å². The van der Waals surface area contributed by atoms with Gasteiger partial charge in [-0.25, -0.2) is 0 Å². The average molecular weight is 844 g/mol. The van der Waals surface area contributed by atoms with Gasteiger partial charge < -0.3 is 20.4 Å². The van der Waals surface area contributed by atoms with Gasteiger partial charge in [-0.15, -0.1) is 6.42 Å². The Balaban J connectivity index is 0.000000189. The van der Waals surface area contributed by atoms with Gasteiger partial charge in [-0.3, -0.25) is 19.2 Å². The summed E-state index contributed by atoms with van der Waals surface area (Å²) in [6, 6.07) is 25.9. The molecule has 2 N–H and O–H groups in total. The van der Waals surface area contributed by atoms with Gasteiger partial charge in [0.15, 0.2) is 0 Å². The second-order valence-corrected chi connectivity index (χ2v) is 17.8. The summed E-state index contributed by atoms with van der Waals surface area (Å²) in [6.07, 6.45) is 16.0. The highest BCUT2D eigenvalue weighted by Gasteiger charge is 2.31. The van der Waals surface area contributed by atoms with Gasteiger partial charge in [0, 0.05) is 67.6 Å². The standard InChI is InChI=1S/C27H31N3O2.C27H30N2O2/c1-3-29-26(31)25-16-23(18(2)15-24(25)22-5-4-6-22)27(32)30-13-11-21(12-14-30)20-9-7-19(17-28)8-10-20;1-4-19-8-10-20(11-9-19)21-12-14-29(15-13-21)27(31)23-17-25(26(30)28-3)24(16-18(23)2)22-6-5-7-22/h7-10,15-16,21-22H,3-6,11-14H2,1-2H3,(H,29,31);1,8-11,16-17,21-22H,5-7,12-15H2,2-3H3,(H,28,30). The predicted molar refractivity (Wildman–Crippen MR) is 248 cm³/mol. The van der Waals surface area contributed by atoms with E-state index in [0.29, 0.717) is 71.1 Å². The van der Waals surface area contributed by atoms with Crippen molar-refractivity contribution in [2.75, 3.05) is 39.8 Å². The molecular formula is C54H61N5O4. The number of amides is 4. The van der Waals surface area contributed by atoms with Crippen molar-refractivity contribution in [3.63, 3.8) is 0 Å². The Morgan fingerprint density at radius 3 is 1.37 bits per heavy atom. The second kappa shape index (κ2) is 20.3. The fourth-order valence-corrected chi connectivity index (χ4v) is 9.67. The monoisotopic (exact) mass is 843 g/mol. The SMILES string of the molecule is C#Cc1ccc(C2CCN(C(=O)c3cc(C(=O)NC)c(C4CCC4)cc3C)CC2)cc1.CCNC(=O)c1cc(C(=O)N2CCC(c3ccc(C#N)cc3)CC2)c(C)cc1C1CCC1. The molecule has 2 heterocycles. The first-order valence-corrected chi connectivity index (χ1v) is 23.0. The van der Waals surface area contributed by atoms with Crippen LogP contribution >= 0.6 is 0 Å². The zero-order chi connectivity index (χ0) is 44.6. The zero-order valence-corrected chi connectivity index (χ0v) is 37.4. The van der Waals surface area contributed by atoms with Gasteiger partial charge in [-0.05, 0) is 166 Å². The minimum Gasteiger partial charge on any atom is -0.355 e. The molecule has 4 aromatic carbocycles. The van der Waals surface area contributed by atoms with Gasteiger partial charge in [0.25, 0.3) is 23.6 Å². The largest absolute Gasteiger partial charge is 0.355 e. The molecule has 63 heavy (non-hydrogen) atoms. The summed E-state index contributed by atoms with van der Waals surface area (Å²) < 4.78 is 0. The molecule has 8 rings (SSSR count). The van der Waals surface area contributed by atoms with Crippen LogP contribution in [0.25, 0.3) is 0 Å². The molecule has 2 aliphatic heterocycles. The Bertz CT molecular complexity index is 2400. The summed E-state index contributed by atoms with van der Waals surface area (Å²) in [7, 11) is 1.65. The number of likely N-dealkylation sites (tertiary alicyclic amines) is 2. The number of nitriles is 1. The lowest BCUT2D eigenvalue weighted by Crippen LogP contribution is -2.38. The Morgan fingerprint density at radius 1 is 0.603 bits per heavy atom. The van der Waals surface area contributed by atoms with Gasteiger partial charge in [0.05, 0.1) is 11.6 Å². The number of hydrogen-bond donors (Lipinski definition) is 2. The van der Waals surface area contributed by atoms with Gasteiger partial charge in [0.1, 0.15) is 0 Å². The lowest BCUT2D eigenvalue weighted by Gasteiger charge is -2.33. The number of piperidine rings is 2.